The molecule has 5 heteroatoms. The lowest BCUT2D eigenvalue weighted by atomic mass is 10.3. The molecule has 2 atom stereocenters. The Kier molecular flexibility index (Phi) is 18.3. The standard InChI is InChI=1S/C8H16O2S.C6H14OS/c1-4-10-8(9)6-7(3)11-5-2;1-3-8-6(2)4-5-7/h7H,4-6H2,1-3H3;6-7H,3-5H2,1-2H3. The van der Waals surface area contributed by atoms with Crippen molar-refractivity contribution in [2.45, 2.75) is 58.0 Å². The molecule has 0 rings (SSSR count). The molecule has 0 saturated heterocycles. The summed E-state index contributed by atoms with van der Waals surface area (Å²) in [7, 11) is 0. The second-order valence-corrected chi connectivity index (χ2v) is 7.48. The molecule has 0 heterocycles. The topological polar surface area (TPSA) is 46.5 Å². The molecule has 0 aromatic carbocycles. The van der Waals surface area contributed by atoms with Crippen LogP contribution in [0.15, 0.2) is 0 Å². The fraction of sp³-hybridized carbons (Fsp3) is 0.929. The summed E-state index contributed by atoms with van der Waals surface area (Å²) in [5.41, 5.74) is 0. The minimum absolute atomic E-state index is 0.0825. The Bertz CT molecular complexity index is 195. The van der Waals surface area contributed by atoms with Crippen LogP contribution in [0.1, 0.15) is 47.5 Å². The van der Waals surface area contributed by atoms with Crippen molar-refractivity contribution in [3.05, 3.63) is 0 Å². The Balaban J connectivity index is 0. The molecule has 19 heavy (non-hydrogen) atoms. The molecule has 0 radical (unpaired) electrons. The van der Waals surface area contributed by atoms with E-state index >= 15 is 0 Å². The monoisotopic (exact) mass is 310 g/mol. The van der Waals surface area contributed by atoms with Gasteiger partial charge in [0.05, 0.1) is 13.0 Å². The summed E-state index contributed by atoms with van der Waals surface area (Å²) < 4.78 is 4.81. The van der Waals surface area contributed by atoms with Crippen molar-refractivity contribution in [1.82, 2.24) is 0 Å². The minimum atomic E-state index is -0.0825. The van der Waals surface area contributed by atoms with Gasteiger partial charge in [-0.2, -0.15) is 23.5 Å². The lowest BCUT2D eigenvalue weighted by Crippen LogP contribution is -2.10. The maximum atomic E-state index is 10.9. The average Bonchev–Trinajstić information content (AvgIpc) is 2.30. The van der Waals surface area contributed by atoms with E-state index in [0.29, 0.717) is 30.1 Å². The fourth-order valence-electron chi connectivity index (χ4n) is 1.35. The Morgan fingerprint density at radius 3 is 2.05 bits per heavy atom. The molecule has 0 aliphatic heterocycles. The maximum Gasteiger partial charge on any atom is 0.306 e. The van der Waals surface area contributed by atoms with Gasteiger partial charge in [0.25, 0.3) is 0 Å². The zero-order chi connectivity index (χ0) is 15.1. The first-order chi connectivity index (χ1) is 9.01. The summed E-state index contributed by atoms with van der Waals surface area (Å²) in [4.78, 5) is 10.9. The van der Waals surface area contributed by atoms with Crippen LogP contribution in [0.5, 0.6) is 0 Å². The predicted octanol–water partition coefficient (Wildman–Crippen LogP) is 3.59. The summed E-state index contributed by atoms with van der Waals surface area (Å²) in [5.74, 6) is 2.13. The van der Waals surface area contributed by atoms with Crippen molar-refractivity contribution >= 4 is 29.5 Å². The molecule has 0 bridgehead atoms. The number of aliphatic hydroxyl groups excluding tert-OH is 1. The third kappa shape index (κ3) is 18.1. The normalized spacial score (nSPS) is 13.2. The molecule has 116 valence electrons. The largest absolute Gasteiger partial charge is 0.466 e. The molecule has 0 aliphatic rings. The van der Waals surface area contributed by atoms with Crippen LogP contribution in [-0.4, -0.2) is 46.3 Å². The SMILES string of the molecule is CCOC(=O)CC(C)SCC.CCSC(C)CCO. The Hall–Kier alpha value is 0.130. The first-order valence-corrected chi connectivity index (χ1v) is 9.11. The van der Waals surface area contributed by atoms with Crippen molar-refractivity contribution in [3.8, 4) is 0 Å². The van der Waals surface area contributed by atoms with Gasteiger partial charge in [-0.25, -0.2) is 0 Å². The molecule has 0 aromatic heterocycles. The van der Waals surface area contributed by atoms with Gasteiger partial charge in [-0.3, -0.25) is 4.79 Å². The molecule has 2 unspecified atom stereocenters. The molecule has 0 aliphatic carbocycles. The molecule has 0 saturated carbocycles. The van der Waals surface area contributed by atoms with E-state index in [9.17, 15) is 4.79 Å². The summed E-state index contributed by atoms with van der Waals surface area (Å²) in [6.45, 7) is 11.1. The van der Waals surface area contributed by atoms with Crippen LogP contribution >= 0.6 is 23.5 Å². The summed E-state index contributed by atoms with van der Waals surface area (Å²) >= 11 is 3.68. The highest BCUT2D eigenvalue weighted by molar-refractivity contribution is 8.00. The number of esters is 1. The van der Waals surface area contributed by atoms with Crippen LogP contribution in [0.3, 0.4) is 0 Å². The number of hydrogen-bond acceptors (Lipinski definition) is 5. The smallest absolute Gasteiger partial charge is 0.306 e. The summed E-state index contributed by atoms with van der Waals surface area (Å²) in [6, 6.07) is 0. The van der Waals surface area contributed by atoms with E-state index in [1.54, 1.807) is 11.8 Å². The predicted molar refractivity (Wildman–Crippen MR) is 88.1 cm³/mol. The van der Waals surface area contributed by atoms with Gasteiger partial charge in [0, 0.05) is 17.1 Å². The van der Waals surface area contributed by atoms with Gasteiger partial charge in [-0.1, -0.05) is 27.7 Å². The molecule has 3 nitrogen and oxygen atoms in total. The second kappa shape index (κ2) is 16.2. The molecule has 0 spiro atoms. The first-order valence-electron chi connectivity index (χ1n) is 7.01. The summed E-state index contributed by atoms with van der Waals surface area (Å²) in [6.07, 6.45) is 1.46. The number of hydrogen-bond donors (Lipinski definition) is 1. The zero-order valence-corrected chi connectivity index (χ0v) is 14.6. The van der Waals surface area contributed by atoms with E-state index in [-0.39, 0.29) is 5.97 Å². The highest BCUT2D eigenvalue weighted by atomic mass is 32.2. The molecular weight excluding hydrogens is 280 g/mol. The van der Waals surface area contributed by atoms with Crippen LogP contribution in [0.4, 0.5) is 0 Å². The van der Waals surface area contributed by atoms with Gasteiger partial charge in [0.2, 0.25) is 0 Å². The Morgan fingerprint density at radius 2 is 1.63 bits per heavy atom. The van der Waals surface area contributed by atoms with E-state index in [1.165, 1.54) is 0 Å². The van der Waals surface area contributed by atoms with E-state index in [0.717, 1.165) is 17.9 Å². The number of thioether (sulfide) groups is 2. The summed E-state index contributed by atoms with van der Waals surface area (Å²) in [5, 5.41) is 9.47. The van der Waals surface area contributed by atoms with Crippen LogP contribution < -0.4 is 0 Å². The van der Waals surface area contributed by atoms with Crippen LogP contribution in [0, 0.1) is 0 Å². The van der Waals surface area contributed by atoms with Crippen LogP contribution in [0.25, 0.3) is 0 Å². The number of aliphatic hydroxyl groups is 1. The lowest BCUT2D eigenvalue weighted by Gasteiger charge is -2.07. The molecule has 1 N–H and O–H groups in total. The third-order valence-corrected chi connectivity index (χ3v) is 4.40. The van der Waals surface area contributed by atoms with Crippen molar-refractivity contribution in [3.63, 3.8) is 0 Å². The van der Waals surface area contributed by atoms with Crippen molar-refractivity contribution in [1.29, 1.82) is 0 Å². The van der Waals surface area contributed by atoms with Gasteiger partial charge in [-0.05, 0) is 24.9 Å². The van der Waals surface area contributed by atoms with Gasteiger partial charge < -0.3 is 9.84 Å². The van der Waals surface area contributed by atoms with E-state index in [1.807, 2.05) is 25.6 Å². The quantitative estimate of drug-likeness (QED) is 0.659. The van der Waals surface area contributed by atoms with Gasteiger partial charge in [-0.15, -0.1) is 0 Å². The number of rotatable bonds is 9. The van der Waals surface area contributed by atoms with Gasteiger partial charge >= 0.3 is 5.97 Å². The van der Waals surface area contributed by atoms with Crippen molar-refractivity contribution < 1.29 is 14.6 Å². The lowest BCUT2D eigenvalue weighted by molar-refractivity contribution is -0.142. The van der Waals surface area contributed by atoms with E-state index in [2.05, 4.69) is 20.8 Å². The van der Waals surface area contributed by atoms with Gasteiger partial charge in [0.15, 0.2) is 0 Å². The fourth-order valence-corrected chi connectivity index (χ4v) is 3.01. The van der Waals surface area contributed by atoms with Crippen molar-refractivity contribution in [2.75, 3.05) is 24.7 Å². The zero-order valence-electron chi connectivity index (χ0n) is 13.0. The highest BCUT2D eigenvalue weighted by Gasteiger charge is 2.08. The third-order valence-electron chi connectivity index (χ3n) is 2.20. The first kappa shape index (κ1) is 21.4. The highest BCUT2D eigenvalue weighted by Crippen LogP contribution is 2.13. The Morgan fingerprint density at radius 1 is 1.11 bits per heavy atom. The van der Waals surface area contributed by atoms with E-state index in [4.69, 9.17) is 9.84 Å². The van der Waals surface area contributed by atoms with Crippen molar-refractivity contribution in [2.24, 2.45) is 0 Å². The minimum Gasteiger partial charge on any atom is -0.466 e. The average molecular weight is 311 g/mol. The van der Waals surface area contributed by atoms with Gasteiger partial charge in [0.1, 0.15) is 0 Å². The number of ether oxygens (including phenoxy) is 1. The molecular formula is C14H30O3S2. The molecule has 0 fully saturated rings. The number of carbonyl (C=O) groups excluding carboxylic acids is 1. The second-order valence-electron chi connectivity index (χ2n) is 4.05. The Labute approximate surface area is 127 Å². The van der Waals surface area contributed by atoms with E-state index < -0.39 is 0 Å². The molecule has 0 amide bonds. The van der Waals surface area contributed by atoms with Crippen LogP contribution in [-0.2, 0) is 9.53 Å². The maximum absolute atomic E-state index is 10.9. The molecule has 0 aromatic rings. The van der Waals surface area contributed by atoms with Crippen LogP contribution in [0.2, 0.25) is 0 Å². The number of carbonyl (C=O) groups is 1.